The number of hydrogen-bond donors (Lipinski definition) is 4. The standard InChI is InChI=1S/C11H12N2O2.C6H6.CH2O2/c12-9(11(14)15)5-7-6-13-10-4-2-1-3-8(7)10;1-2-4-6-5-3-1;2-1-3/h1-4,6,9,13H,5,12H2,(H,14,15);1-6H;1H,(H,2,3). The summed E-state index contributed by atoms with van der Waals surface area (Å²) in [5, 5.41) is 16.6. The van der Waals surface area contributed by atoms with E-state index in [1.165, 1.54) is 0 Å². The fourth-order valence-electron chi connectivity index (χ4n) is 2.01. The number of hydrogen-bond acceptors (Lipinski definition) is 3. The van der Waals surface area contributed by atoms with Gasteiger partial charge in [0.25, 0.3) is 6.47 Å². The van der Waals surface area contributed by atoms with Gasteiger partial charge in [0.2, 0.25) is 0 Å². The van der Waals surface area contributed by atoms with Crippen molar-refractivity contribution in [3.05, 3.63) is 72.4 Å². The summed E-state index contributed by atoms with van der Waals surface area (Å²) in [7, 11) is 0. The highest BCUT2D eigenvalue weighted by molar-refractivity contribution is 5.84. The molecule has 0 aliphatic heterocycles. The van der Waals surface area contributed by atoms with E-state index in [-0.39, 0.29) is 6.47 Å². The molecule has 0 amide bonds. The fourth-order valence-corrected chi connectivity index (χ4v) is 2.01. The fraction of sp³-hybridized carbons (Fsp3) is 0.111. The molecular weight excluding hydrogens is 308 g/mol. The van der Waals surface area contributed by atoms with Crippen LogP contribution in [0.3, 0.4) is 0 Å². The van der Waals surface area contributed by atoms with Crippen molar-refractivity contribution >= 4 is 23.3 Å². The Labute approximate surface area is 139 Å². The van der Waals surface area contributed by atoms with Gasteiger partial charge in [-0.3, -0.25) is 9.59 Å². The number of benzene rings is 2. The van der Waals surface area contributed by atoms with E-state index in [0.29, 0.717) is 6.42 Å². The zero-order valence-corrected chi connectivity index (χ0v) is 13.0. The predicted octanol–water partition coefficient (Wildman–Crippen LogP) is 2.51. The molecule has 2 aromatic carbocycles. The molecule has 0 fully saturated rings. The van der Waals surface area contributed by atoms with Crippen LogP contribution in [0.15, 0.2) is 66.9 Å². The number of nitrogens with two attached hydrogens (primary N) is 1. The van der Waals surface area contributed by atoms with Gasteiger partial charge in [-0.2, -0.15) is 0 Å². The van der Waals surface area contributed by atoms with Crippen molar-refractivity contribution in [2.75, 3.05) is 0 Å². The molecule has 0 aliphatic rings. The molecule has 1 aromatic heterocycles. The minimum absolute atomic E-state index is 0.250. The Morgan fingerprint density at radius 2 is 1.58 bits per heavy atom. The summed E-state index contributed by atoms with van der Waals surface area (Å²) in [4.78, 5) is 22.1. The summed E-state index contributed by atoms with van der Waals surface area (Å²) in [5.74, 6) is -0.972. The quantitative estimate of drug-likeness (QED) is 0.551. The monoisotopic (exact) mass is 328 g/mol. The van der Waals surface area contributed by atoms with E-state index in [2.05, 4.69) is 4.98 Å². The first-order valence-electron chi connectivity index (χ1n) is 7.21. The molecule has 0 saturated heterocycles. The van der Waals surface area contributed by atoms with E-state index >= 15 is 0 Å². The maximum absolute atomic E-state index is 10.6. The molecule has 126 valence electrons. The third kappa shape index (κ3) is 6.33. The van der Waals surface area contributed by atoms with Crippen LogP contribution in [0.4, 0.5) is 0 Å². The summed E-state index contributed by atoms with van der Waals surface area (Å²) >= 11 is 0. The van der Waals surface area contributed by atoms with Crippen LogP contribution < -0.4 is 5.73 Å². The van der Waals surface area contributed by atoms with Crippen molar-refractivity contribution in [2.45, 2.75) is 12.5 Å². The summed E-state index contributed by atoms with van der Waals surface area (Å²) in [6, 6.07) is 18.9. The largest absolute Gasteiger partial charge is 0.483 e. The minimum atomic E-state index is -0.972. The Balaban J connectivity index is 0.000000265. The summed E-state index contributed by atoms with van der Waals surface area (Å²) < 4.78 is 0. The number of aliphatic carboxylic acids is 1. The molecule has 0 radical (unpaired) electrons. The smallest absolute Gasteiger partial charge is 0.320 e. The molecule has 3 aromatic rings. The van der Waals surface area contributed by atoms with Gasteiger partial charge in [-0.1, -0.05) is 54.6 Å². The maximum Gasteiger partial charge on any atom is 0.320 e. The number of fused-ring (bicyclic) bond motifs is 1. The third-order valence-corrected chi connectivity index (χ3v) is 3.10. The van der Waals surface area contributed by atoms with Crippen molar-refractivity contribution in [3.63, 3.8) is 0 Å². The van der Waals surface area contributed by atoms with Crippen LogP contribution in [0.2, 0.25) is 0 Å². The minimum Gasteiger partial charge on any atom is -0.483 e. The zero-order chi connectivity index (χ0) is 17.8. The molecule has 24 heavy (non-hydrogen) atoms. The molecule has 0 spiro atoms. The number of carbonyl (C=O) groups is 2. The molecular formula is C18H20N2O4. The molecule has 5 N–H and O–H groups in total. The molecule has 6 nitrogen and oxygen atoms in total. The van der Waals surface area contributed by atoms with E-state index in [1.54, 1.807) is 0 Å². The Kier molecular flexibility index (Phi) is 8.34. The van der Waals surface area contributed by atoms with Gasteiger partial charge in [0.15, 0.2) is 0 Å². The first-order chi connectivity index (χ1) is 11.6. The van der Waals surface area contributed by atoms with Gasteiger partial charge in [-0.15, -0.1) is 0 Å². The van der Waals surface area contributed by atoms with E-state index in [9.17, 15) is 4.79 Å². The molecule has 1 atom stereocenters. The molecule has 0 saturated carbocycles. The zero-order valence-electron chi connectivity index (χ0n) is 13.0. The van der Waals surface area contributed by atoms with Crippen LogP contribution in [0.5, 0.6) is 0 Å². The van der Waals surface area contributed by atoms with Crippen LogP contribution in [-0.4, -0.2) is 33.7 Å². The van der Waals surface area contributed by atoms with Crippen molar-refractivity contribution < 1.29 is 19.8 Å². The number of rotatable bonds is 3. The van der Waals surface area contributed by atoms with Crippen molar-refractivity contribution in [3.8, 4) is 0 Å². The highest BCUT2D eigenvalue weighted by Gasteiger charge is 2.14. The first-order valence-corrected chi connectivity index (χ1v) is 7.21. The van der Waals surface area contributed by atoms with E-state index in [4.69, 9.17) is 20.7 Å². The normalized spacial score (nSPS) is 10.5. The lowest BCUT2D eigenvalue weighted by Gasteiger charge is -2.04. The van der Waals surface area contributed by atoms with Crippen molar-refractivity contribution in [2.24, 2.45) is 5.73 Å². The Morgan fingerprint density at radius 3 is 2.08 bits per heavy atom. The second kappa shape index (κ2) is 10.6. The van der Waals surface area contributed by atoms with Crippen molar-refractivity contribution in [1.82, 2.24) is 4.98 Å². The molecule has 1 heterocycles. The molecule has 3 rings (SSSR count). The van der Waals surface area contributed by atoms with Crippen LogP contribution in [0, 0.1) is 0 Å². The number of aromatic amines is 1. The van der Waals surface area contributed by atoms with Gasteiger partial charge >= 0.3 is 5.97 Å². The highest BCUT2D eigenvalue weighted by atomic mass is 16.4. The van der Waals surface area contributed by atoms with Crippen LogP contribution in [0.25, 0.3) is 10.9 Å². The summed E-state index contributed by atoms with van der Waals surface area (Å²) in [5.41, 5.74) is 7.43. The van der Waals surface area contributed by atoms with Gasteiger partial charge in [-0.25, -0.2) is 0 Å². The number of nitrogens with one attached hydrogen (secondary N) is 1. The Bertz CT molecular complexity index is 714. The number of para-hydroxylation sites is 1. The Morgan fingerprint density at radius 1 is 1.08 bits per heavy atom. The van der Waals surface area contributed by atoms with E-state index in [0.717, 1.165) is 16.5 Å². The second-order valence-electron chi connectivity index (χ2n) is 4.77. The molecule has 0 bridgehead atoms. The molecule has 0 aliphatic carbocycles. The van der Waals surface area contributed by atoms with E-state index in [1.807, 2.05) is 66.9 Å². The van der Waals surface area contributed by atoms with E-state index < -0.39 is 12.0 Å². The number of carboxylic acids is 1. The van der Waals surface area contributed by atoms with Gasteiger partial charge in [0.05, 0.1) is 0 Å². The molecule has 1 unspecified atom stereocenters. The van der Waals surface area contributed by atoms with Crippen LogP contribution in [0.1, 0.15) is 5.56 Å². The number of H-pyrrole nitrogens is 1. The lowest BCUT2D eigenvalue weighted by molar-refractivity contribution is -0.138. The predicted molar refractivity (Wildman–Crippen MR) is 92.7 cm³/mol. The second-order valence-corrected chi connectivity index (χ2v) is 4.77. The van der Waals surface area contributed by atoms with Crippen LogP contribution in [-0.2, 0) is 16.0 Å². The first kappa shape index (κ1) is 18.9. The summed E-state index contributed by atoms with van der Waals surface area (Å²) in [6.07, 6.45) is 2.16. The number of aromatic nitrogens is 1. The Hall–Kier alpha value is -3.12. The highest BCUT2D eigenvalue weighted by Crippen LogP contribution is 2.18. The lowest BCUT2D eigenvalue weighted by Crippen LogP contribution is -2.32. The topological polar surface area (TPSA) is 116 Å². The molecule has 6 heteroatoms. The third-order valence-electron chi connectivity index (χ3n) is 3.10. The number of carboxylic acid groups (broad SMARTS) is 2. The lowest BCUT2D eigenvalue weighted by atomic mass is 10.1. The SMILES string of the molecule is NC(Cc1c[nH]c2ccccc12)C(=O)O.O=CO.c1ccccc1. The van der Waals surface area contributed by atoms with Gasteiger partial charge in [0, 0.05) is 23.5 Å². The summed E-state index contributed by atoms with van der Waals surface area (Å²) in [6.45, 7) is -0.250. The van der Waals surface area contributed by atoms with Crippen LogP contribution >= 0.6 is 0 Å². The van der Waals surface area contributed by atoms with Gasteiger partial charge < -0.3 is 20.9 Å². The maximum atomic E-state index is 10.6. The van der Waals surface area contributed by atoms with Crippen molar-refractivity contribution in [1.29, 1.82) is 0 Å². The average Bonchev–Trinajstić information content (AvgIpc) is 3.01. The average molecular weight is 328 g/mol. The van der Waals surface area contributed by atoms with Gasteiger partial charge in [0.1, 0.15) is 6.04 Å². The van der Waals surface area contributed by atoms with Gasteiger partial charge in [-0.05, 0) is 11.6 Å².